The van der Waals surface area contributed by atoms with E-state index in [4.69, 9.17) is 10.5 Å². The average molecular weight is 767 g/mol. The molecule has 2 amide bonds. The van der Waals surface area contributed by atoms with Gasteiger partial charge >= 0.3 is 0 Å². The van der Waals surface area contributed by atoms with Crippen LogP contribution in [0.15, 0.2) is 103 Å². The van der Waals surface area contributed by atoms with Crippen LogP contribution in [-0.2, 0) is 26.3 Å². The van der Waals surface area contributed by atoms with Crippen LogP contribution in [0.3, 0.4) is 0 Å². The van der Waals surface area contributed by atoms with Crippen molar-refractivity contribution in [1.29, 1.82) is 0 Å². The lowest BCUT2D eigenvalue weighted by molar-refractivity contribution is -0.114. The van der Waals surface area contributed by atoms with Gasteiger partial charge in [0.2, 0.25) is 6.41 Å². The number of hydrogen-bond donors (Lipinski definition) is 4. The number of amides is 2. The van der Waals surface area contributed by atoms with Crippen molar-refractivity contribution in [3.63, 3.8) is 0 Å². The molecule has 8 nitrogen and oxygen atoms in total. The van der Waals surface area contributed by atoms with Crippen molar-refractivity contribution in [2.45, 2.75) is 92.2 Å². The molecule has 2 aliphatic heterocycles. The lowest BCUT2D eigenvalue weighted by Gasteiger charge is -2.41. The van der Waals surface area contributed by atoms with Crippen molar-refractivity contribution in [2.24, 2.45) is 11.7 Å². The number of aliphatic hydroxyl groups is 1. The Labute approximate surface area is 334 Å². The van der Waals surface area contributed by atoms with Crippen LogP contribution < -0.4 is 16.4 Å². The summed E-state index contributed by atoms with van der Waals surface area (Å²) >= 11 is 0. The molecule has 2 aromatic rings. The van der Waals surface area contributed by atoms with Gasteiger partial charge in [-0.2, -0.15) is 0 Å². The Morgan fingerprint density at radius 3 is 2.38 bits per heavy atom. The van der Waals surface area contributed by atoms with Gasteiger partial charge in [-0.15, -0.1) is 6.58 Å². The number of nitrogens with zero attached hydrogens (tertiary/aromatic N) is 1. The van der Waals surface area contributed by atoms with E-state index in [-0.39, 0.29) is 11.3 Å². The number of allylic oxidation sites excluding steroid dienone is 9. The van der Waals surface area contributed by atoms with Crippen LogP contribution in [0.1, 0.15) is 96.4 Å². The quantitative estimate of drug-likeness (QED) is 0.0522. The van der Waals surface area contributed by atoms with Gasteiger partial charge in [-0.05, 0) is 115 Å². The molecule has 5 N–H and O–H groups in total. The van der Waals surface area contributed by atoms with Crippen LogP contribution in [0.4, 0.5) is 4.39 Å². The van der Waals surface area contributed by atoms with Crippen LogP contribution in [0.5, 0.6) is 0 Å². The van der Waals surface area contributed by atoms with Crippen LogP contribution in [0.2, 0.25) is 0 Å². The maximum absolute atomic E-state index is 16.3. The van der Waals surface area contributed by atoms with Gasteiger partial charge in [-0.1, -0.05) is 95.7 Å². The Balaban J connectivity index is 0.00000414. The minimum Gasteiger partial charge on any atom is -0.392 e. The van der Waals surface area contributed by atoms with Crippen molar-refractivity contribution in [1.82, 2.24) is 15.5 Å². The number of ether oxygens (including phenoxy) is 1. The van der Waals surface area contributed by atoms with Crippen molar-refractivity contribution in [3.8, 4) is 11.1 Å². The molecule has 2 aliphatic rings. The fourth-order valence-electron chi connectivity index (χ4n) is 7.09. The van der Waals surface area contributed by atoms with Crippen molar-refractivity contribution >= 4 is 24.0 Å². The molecular weight excluding hydrogens is 704 g/mol. The van der Waals surface area contributed by atoms with E-state index in [0.29, 0.717) is 58.2 Å². The summed E-state index contributed by atoms with van der Waals surface area (Å²) in [5.41, 5.74) is 12.3. The maximum atomic E-state index is 16.3. The van der Waals surface area contributed by atoms with Gasteiger partial charge in [-0.3, -0.25) is 14.5 Å². The summed E-state index contributed by atoms with van der Waals surface area (Å²) in [5.74, 6) is -0.734. The van der Waals surface area contributed by atoms with Crippen molar-refractivity contribution in [2.75, 3.05) is 26.3 Å². The largest absolute Gasteiger partial charge is 0.392 e. The highest BCUT2D eigenvalue weighted by atomic mass is 19.1. The van der Waals surface area contributed by atoms with E-state index < -0.39 is 23.7 Å². The molecule has 0 aliphatic carbocycles. The number of benzene rings is 2. The molecular formula is C47H63FN4O4. The number of halogens is 1. The monoisotopic (exact) mass is 766 g/mol. The van der Waals surface area contributed by atoms with Gasteiger partial charge in [-0.25, -0.2) is 4.39 Å². The Kier molecular flexibility index (Phi) is 17.9. The molecule has 0 saturated carbocycles. The standard InChI is InChI=1S/C45H57FN4O4.C2H6/c1-8-12-30(4)39(25-42(44(47)53)49-31(5)15-16-32(9-2)33-18-21-50(22-19-33)36-27-54-28-36)37-13-11-14-38(40(37)26-51)43-34(17-20-48-29-52)23-35(24-41(43)46)45(6,7)10-3;1-2/h9-11,13-17,20,23-25,29,33,36,49,51H,2-3,8,12,18-19,21-22,26-28H2,1,4-7H3,(H2,47,53)(H,48,52);1-2H3/b20-17-,31-15+,32-16+,39-30?,42-25+;. The number of likely N-dealkylation sites (tertiary alicyclic amines) is 1. The molecule has 4 rings (SSSR count). The lowest BCUT2D eigenvalue weighted by atomic mass is 9.81. The summed E-state index contributed by atoms with van der Waals surface area (Å²) < 4.78 is 21.7. The van der Waals surface area contributed by atoms with Gasteiger partial charge in [0.1, 0.15) is 11.5 Å². The summed E-state index contributed by atoms with van der Waals surface area (Å²) in [6, 6.07) is 9.32. The lowest BCUT2D eigenvalue weighted by Crippen LogP contribution is -2.51. The number of primary amides is 1. The molecule has 302 valence electrons. The summed E-state index contributed by atoms with van der Waals surface area (Å²) in [5, 5.41) is 16.7. The Morgan fingerprint density at radius 1 is 1.12 bits per heavy atom. The fraction of sp³-hybridized carbons (Fsp3) is 0.404. The molecule has 0 spiro atoms. The van der Waals surface area contributed by atoms with E-state index in [2.05, 4.69) is 41.7 Å². The van der Waals surface area contributed by atoms with Crippen molar-refractivity contribution in [3.05, 3.63) is 131 Å². The molecule has 2 heterocycles. The number of piperidine rings is 1. The Morgan fingerprint density at radius 2 is 1.82 bits per heavy atom. The second-order valence-corrected chi connectivity index (χ2v) is 14.7. The number of nitrogens with one attached hydrogen (secondary N) is 2. The van der Waals surface area contributed by atoms with E-state index in [9.17, 15) is 14.7 Å². The first-order valence-corrected chi connectivity index (χ1v) is 19.8. The predicted octanol–water partition coefficient (Wildman–Crippen LogP) is 8.85. The summed E-state index contributed by atoms with van der Waals surface area (Å²) in [7, 11) is 0. The number of rotatable bonds is 18. The normalized spacial score (nSPS) is 16.7. The third-order valence-corrected chi connectivity index (χ3v) is 10.6. The zero-order valence-electron chi connectivity index (χ0n) is 34.5. The first-order chi connectivity index (χ1) is 26.9. The van der Waals surface area contributed by atoms with Crippen molar-refractivity contribution < 1.29 is 23.8 Å². The van der Waals surface area contributed by atoms with Gasteiger partial charge in [0.05, 0.1) is 25.9 Å². The third-order valence-electron chi connectivity index (χ3n) is 10.6. The predicted molar refractivity (Wildman–Crippen MR) is 229 cm³/mol. The number of nitrogens with two attached hydrogens (primary N) is 1. The van der Waals surface area contributed by atoms with E-state index in [0.717, 1.165) is 62.4 Å². The molecule has 2 aromatic carbocycles. The minimum atomic E-state index is -0.645. The summed E-state index contributed by atoms with van der Waals surface area (Å²) in [6.45, 7) is 25.1. The van der Waals surface area contributed by atoms with Gasteiger partial charge < -0.3 is 26.2 Å². The first kappa shape index (κ1) is 45.6. The van der Waals surface area contributed by atoms with Gasteiger partial charge in [0.25, 0.3) is 5.91 Å². The SMILES string of the molecule is C=C/C(=C\C=C(/C)N/C(=C/C(=C(C)CCC)c1cccc(-c2c(F)cc(C(C)(C)C=C)cc2/C=C\NC=O)c1CO)C(N)=O)C1CCN(C2COC2)CC1.CC. The van der Waals surface area contributed by atoms with Crippen LogP contribution >= 0.6 is 0 Å². The molecule has 2 fully saturated rings. The van der Waals surface area contributed by atoms with Gasteiger partial charge in [0, 0.05) is 22.9 Å². The number of carbonyl (C=O) groups is 2. The molecule has 0 aromatic heterocycles. The number of carbonyl (C=O) groups excluding carboxylic acids is 2. The van der Waals surface area contributed by atoms with Crippen LogP contribution in [0, 0.1) is 11.7 Å². The van der Waals surface area contributed by atoms with Crippen LogP contribution in [0.25, 0.3) is 22.8 Å². The molecule has 9 heteroatoms. The summed E-state index contributed by atoms with van der Waals surface area (Å²) in [6.07, 6.45) is 16.7. The van der Waals surface area contributed by atoms with Gasteiger partial charge in [0.15, 0.2) is 0 Å². The number of hydrogen-bond acceptors (Lipinski definition) is 6. The third kappa shape index (κ3) is 11.6. The van der Waals surface area contributed by atoms with E-state index in [1.807, 2.05) is 71.9 Å². The van der Waals surface area contributed by atoms with E-state index in [1.54, 1.807) is 24.3 Å². The minimum absolute atomic E-state index is 0.179. The molecule has 0 bridgehead atoms. The highest BCUT2D eigenvalue weighted by Crippen LogP contribution is 2.39. The molecule has 56 heavy (non-hydrogen) atoms. The smallest absolute Gasteiger partial charge is 0.265 e. The fourth-order valence-corrected chi connectivity index (χ4v) is 7.09. The first-order valence-electron chi connectivity index (χ1n) is 19.8. The average Bonchev–Trinajstić information content (AvgIpc) is 3.17. The summed E-state index contributed by atoms with van der Waals surface area (Å²) in [4.78, 5) is 26.6. The topological polar surface area (TPSA) is 117 Å². The van der Waals surface area contributed by atoms with Crippen LogP contribution in [-0.4, -0.2) is 54.7 Å². The van der Waals surface area contributed by atoms with E-state index in [1.165, 1.54) is 12.3 Å². The molecule has 2 saturated heterocycles. The highest BCUT2D eigenvalue weighted by molar-refractivity contribution is 5.96. The zero-order valence-corrected chi connectivity index (χ0v) is 34.5. The Hall–Kier alpha value is -4.83. The van der Waals surface area contributed by atoms with E-state index >= 15 is 4.39 Å². The molecule has 0 unspecified atom stereocenters. The maximum Gasteiger partial charge on any atom is 0.265 e. The zero-order chi connectivity index (χ0) is 41.4. The molecule has 0 atom stereocenters. The second kappa shape index (κ2) is 22.0. The number of aliphatic hydroxyl groups excluding tert-OH is 1. The second-order valence-electron chi connectivity index (χ2n) is 14.7. The Bertz CT molecular complexity index is 1860. The highest BCUT2D eigenvalue weighted by Gasteiger charge is 2.30. The molecule has 0 radical (unpaired) electrons.